The number of nitrogens with zero attached hydrogens (tertiary/aromatic N) is 3. The van der Waals surface area contributed by atoms with Gasteiger partial charge >= 0.3 is 0 Å². The van der Waals surface area contributed by atoms with Crippen LogP contribution in [0.2, 0.25) is 0 Å². The Balaban J connectivity index is 1.14. The second-order valence-corrected chi connectivity index (χ2v) is 11.4. The van der Waals surface area contributed by atoms with Gasteiger partial charge in [0.2, 0.25) is 0 Å². The highest BCUT2D eigenvalue weighted by Crippen LogP contribution is 2.37. The van der Waals surface area contributed by atoms with Crippen LogP contribution in [0.15, 0.2) is 24.3 Å². The molecule has 3 aliphatic rings. The number of ether oxygens (including phenoxy) is 1. The molecule has 190 valence electrons. The predicted molar refractivity (Wildman–Crippen MR) is 144 cm³/mol. The molecule has 1 amide bonds. The summed E-state index contributed by atoms with van der Waals surface area (Å²) in [6.07, 6.45) is 5.97. The molecule has 6 rings (SSSR count). The van der Waals surface area contributed by atoms with Crippen molar-refractivity contribution in [1.82, 2.24) is 20.6 Å². The number of aryl methyl sites for hydroxylation is 2. The molecule has 0 saturated carbocycles. The molecule has 2 fully saturated rings. The van der Waals surface area contributed by atoms with E-state index in [0.717, 1.165) is 79.2 Å². The van der Waals surface area contributed by atoms with Crippen molar-refractivity contribution in [3.8, 4) is 0 Å². The maximum Gasteiger partial charge on any atom is 0.263 e. The summed E-state index contributed by atoms with van der Waals surface area (Å²) in [6.45, 7) is 4.58. The smallest absolute Gasteiger partial charge is 0.263 e. The van der Waals surface area contributed by atoms with Gasteiger partial charge in [0, 0.05) is 36.0 Å². The molecule has 3 aromatic heterocycles. The van der Waals surface area contributed by atoms with Crippen molar-refractivity contribution in [2.75, 3.05) is 37.4 Å². The van der Waals surface area contributed by atoms with Crippen LogP contribution in [-0.2, 0) is 17.6 Å². The van der Waals surface area contributed by atoms with E-state index in [4.69, 9.17) is 15.5 Å². The average Bonchev–Trinajstić information content (AvgIpc) is 3.41. The molecule has 8 nitrogen and oxygen atoms in total. The van der Waals surface area contributed by atoms with Crippen molar-refractivity contribution in [3.05, 3.63) is 46.1 Å². The number of anilines is 2. The molecule has 1 unspecified atom stereocenters. The Bertz CT molecular complexity index is 1300. The molecule has 3 atom stereocenters. The number of hydrogen-bond donors (Lipinski definition) is 3. The molecule has 9 heteroatoms. The fraction of sp³-hybridized carbons (Fsp3) is 0.519. The summed E-state index contributed by atoms with van der Waals surface area (Å²) < 4.78 is 6.33. The molecule has 1 aliphatic carbocycles. The molecule has 2 saturated heterocycles. The standard InChI is InChI=1S/C27H34N6O2S/c1-16-5-8-19-23(28)24(36-26(19)30-16)25(34)31-18-7-9-20-17(13-18)6-10-22(32-20)33-14-21(29-2)27(15-33)11-3-4-12-35-27/h5-6,8,10,18,21,29H,3-4,7,9,11-15,28H2,1-2H3,(H,31,34)/t18-,21+,27?/m0/s1. The summed E-state index contributed by atoms with van der Waals surface area (Å²) in [7, 11) is 2.03. The van der Waals surface area contributed by atoms with Gasteiger partial charge in [-0.15, -0.1) is 11.3 Å². The molecule has 36 heavy (non-hydrogen) atoms. The number of amides is 1. The Morgan fingerprint density at radius 3 is 2.94 bits per heavy atom. The highest BCUT2D eigenvalue weighted by atomic mass is 32.1. The lowest BCUT2D eigenvalue weighted by Crippen LogP contribution is -2.52. The van der Waals surface area contributed by atoms with E-state index in [2.05, 4.69) is 32.7 Å². The second kappa shape index (κ2) is 9.28. The zero-order chi connectivity index (χ0) is 24.9. The quantitative estimate of drug-likeness (QED) is 0.499. The number of likely N-dealkylation sites (N-methyl/N-ethyl adjacent to an activating group) is 1. The number of hydrogen-bond acceptors (Lipinski definition) is 8. The highest BCUT2D eigenvalue weighted by Gasteiger charge is 2.48. The third-order valence-electron chi connectivity index (χ3n) is 8.08. The van der Waals surface area contributed by atoms with Gasteiger partial charge in [0.25, 0.3) is 5.91 Å². The molecule has 4 N–H and O–H groups in total. The van der Waals surface area contributed by atoms with E-state index in [0.29, 0.717) is 16.6 Å². The van der Waals surface area contributed by atoms with Crippen LogP contribution >= 0.6 is 11.3 Å². The van der Waals surface area contributed by atoms with Crippen LogP contribution in [0.4, 0.5) is 11.5 Å². The number of nitrogens with two attached hydrogens (primary N) is 1. The molecular formula is C27H34N6O2S. The van der Waals surface area contributed by atoms with Gasteiger partial charge in [0.1, 0.15) is 21.1 Å². The maximum atomic E-state index is 13.1. The van der Waals surface area contributed by atoms with E-state index < -0.39 is 0 Å². The first-order chi connectivity index (χ1) is 17.5. The minimum atomic E-state index is -0.112. The molecule has 0 bridgehead atoms. The normalized spacial score (nSPS) is 25.9. The number of fused-ring (bicyclic) bond motifs is 2. The summed E-state index contributed by atoms with van der Waals surface area (Å²) in [5.74, 6) is 0.919. The Kier molecular flexibility index (Phi) is 6.09. The number of aromatic nitrogens is 2. The summed E-state index contributed by atoms with van der Waals surface area (Å²) in [6, 6.07) is 8.58. The van der Waals surface area contributed by atoms with Crippen molar-refractivity contribution in [1.29, 1.82) is 0 Å². The van der Waals surface area contributed by atoms with E-state index >= 15 is 0 Å². The monoisotopic (exact) mass is 506 g/mol. The van der Waals surface area contributed by atoms with Crippen molar-refractivity contribution in [2.24, 2.45) is 0 Å². The van der Waals surface area contributed by atoms with Gasteiger partial charge in [-0.05, 0) is 76.3 Å². The molecule has 3 aromatic rings. The minimum Gasteiger partial charge on any atom is -0.397 e. The number of pyridine rings is 2. The summed E-state index contributed by atoms with van der Waals surface area (Å²) in [5.41, 5.74) is 9.99. The Hall–Kier alpha value is -2.75. The van der Waals surface area contributed by atoms with E-state index in [-0.39, 0.29) is 17.6 Å². The van der Waals surface area contributed by atoms with Gasteiger partial charge in [0.05, 0.1) is 18.3 Å². The molecule has 0 aromatic carbocycles. The van der Waals surface area contributed by atoms with Crippen LogP contribution in [0, 0.1) is 6.92 Å². The first-order valence-corrected chi connectivity index (χ1v) is 13.8. The topological polar surface area (TPSA) is 105 Å². The number of carbonyl (C=O) groups excluding carboxylic acids is 1. The molecule has 5 heterocycles. The van der Waals surface area contributed by atoms with Gasteiger partial charge in [-0.1, -0.05) is 6.07 Å². The lowest BCUT2D eigenvalue weighted by Gasteiger charge is -2.37. The summed E-state index contributed by atoms with van der Waals surface area (Å²) >= 11 is 1.37. The average molecular weight is 507 g/mol. The minimum absolute atomic E-state index is 0.0660. The number of nitrogens with one attached hydrogen (secondary N) is 2. The van der Waals surface area contributed by atoms with E-state index in [1.807, 2.05) is 26.1 Å². The highest BCUT2D eigenvalue weighted by molar-refractivity contribution is 7.21. The van der Waals surface area contributed by atoms with Crippen LogP contribution in [0.1, 0.15) is 52.3 Å². The van der Waals surface area contributed by atoms with E-state index in [1.54, 1.807) is 0 Å². The van der Waals surface area contributed by atoms with Gasteiger partial charge in [-0.3, -0.25) is 4.79 Å². The summed E-state index contributed by atoms with van der Waals surface area (Å²) in [5, 5.41) is 7.56. The largest absolute Gasteiger partial charge is 0.397 e. The van der Waals surface area contributed by atoms with Gasteiger partial charge < -0.3 is 26.0 Å². The Morgan fingerprint density at radius 2 is 2.14 bits per heavy atom. The Morgan fingerprint density at radius 1 is 1.25 bits per heavy atom. The second-order valence-electron chi connectivity index (χ2n) is 10.4. The third kappa shape index (κ3) is 4.13. The van der Waals surface area contributed by atoms with Crippen molar-refractivity contribution >= 4 is 39.0 Å². The van der Waals surface area contributed by atoms with Crippen LogP contribution in [0.5, 0.6) is 0 Å². The molecular weight excluding hydrogens is 472 g/mol. The fourth-order valence-corrected chi connectivity index (χ4v) is 7.14. The lowest BCUT2D eigenvalue weighted by atomic mass is 9.89. The van der Waals surface area contributed by atoms with Crippen LogP contribution in [0.3, 0.4) is 0 Å². The van der Waals surface area contributed by atoms with E-state index in [1.165, 1.54) is 23.3 Å². The van der Waals surface area contributed by atoms with Crippen LogP contribution < -0.4 is 21.3 Å². The zero-order valence-corrected chi connectivity index (χ0v) is 21.8. The Labute approximate surface area is 215 Å². The third-order valence-corrected chi connectivity index (χ3v) is 9.19. The molecule has 1 spiro atoms. The predicted octanol–water partition coefficient (Wildman–Crippen LogP) is 3.22. The SMILES string of the molecule is CN[C@@H]1CN(c2ccc3c(n2)CC[C@H](NC(=O)c2sc4nc(C)ccc4c2N)C3)CC12CCCCO2. The number of carbonyl (C=O) groups is 1. The number of nitrogen functional groups attached to an aromatic ring is 1. The molecule has 0 radical (unpaired) electrons. The summed E-state index contributed by atoms with van der Waals surface area (Å²) in [4.78, 5) is 26.4. The first-order valence-electron chi connectivity index (χ1n) is 13.0. The lowest BCUT2D eigenvalue weighted by molar-refractivity contribution is -0.0771. The van der Waals surface area contributed by atoms with Gasteiger partial charge in [-0.2, -0.15) is 0 Å². The van der Waals surface area contributed by atoms with Gasteiger partial charge in [-0.25, -0.2) is 9.97 Å². The van der Waals surface area contributed by atoms with Crippen molar-refractivity contribution in [3.63, 3.8) is 0 Å². The van der Waals surface area contributed by atoms with Crippen LogP contribution in [-0.4, -0.2) is 60.3 Å². The van der Waals surface area contributed by atoms with Gasteiger partial charge in [0.15, 0.2) is 0 Å². The fourth-order valence-electron chi connectivity index (χ4n) is 6.09. The van der Waals surface area contributed by atoms with Crippen molar-refractivity contribution in [2.45, 2.75) is 63.1 Å². The number of rotatable bonds is 4. The number of thiophene rings is 1. The zero-order valence-electron chi connectivity index (χ0n) is 21.0. The van der Waals surface area contributed by atoms with Crippen molar-refractivity contribution < 1.29 is 9.53 Å². The molecule has 2 aliphatic heterocycles. The first kappa shape index (κ1) is 23.6. The van der Waals surface area contributed by atoms with E-state index in [9.17, 15) is 4.79 Å². The maximum absolute atomic E-state index is 13.1. The van der Waals surface area contributed by atoms with Crippen LogP contribution in [0.25, 0.3) is 10.2 Å².